The third-order valence-corrected chi connectivity index (χ3v) is 2.82. The lowest BCUT2D eigenvalue weighted by Gasteiger charge is -2.36. The van der Waals surface area contributed by atoms with Gasteiger partial charge in [0.25, 0.3) is 0 Å². The van der Waals surface area contributed by atoms with Gasteiger partial charge in [0.1, 0.15) is 6.95 Å². The minimum absolute atomic E-state index is 0.144. The zero-order valence-electron chi connectivity index (χ0n) is 18.2. The number of benzene rings is 1. The number of ketones is 1. The quantitative estimate of drug-likeness (QED) is 0.871. The predicted molar refractivity (Wildman–Crippen MR) is 65.7 cm³/mol. The molecule has 86 valence electrons. The summed E-state index contributed by atoms with van der Waals surface area (Å²) in [4.78, 5) is 13.1. The molecule has 0 amide bonds. The maximum atomic E-state index is 13.1. The molecule has 1 unspecified atom stereocenters. The summed E-state index contributed by atoms with van der Waals surface area (Å²) in [5.74, 6) is -1.57. The van der Waals surface area contributed by atoms with E-state index in [2.05, 4.69) is 0 Å². The Labute approximate surface area is 115 Å². The van der Waals surface area contributed by atoms with E-state index < -0.39 is 43.8 Å². The zero-order chi connectivity index (χ0) is 20.3. The predicted octanol–water partition coefficient (Wildman–Crippen LogP) is 2.90. The number of carbonyl (C=O) groups is 1. The van der Waals surface area contributed by atoms with E-state index in [0.29, 0.717) is 0 Å². The Balaban J connectivity index is 2.90. The molecule has 2 rings (SSSR count). The maximum absolute atomic E-state index is 13.1. The second-order valence-electron chi connectivity index (χ2n) is 3.38. The molecule has 3 heteroatoms. The molecule has 1 aromatic rings. The molecule has 1 N–H and O–H groups in total. The number of nitrogens with one attached hydrogen (secondary N) is 1. The number of likely N-dealkylation sites (N-methyl/N-ethyl adjacent to an activating group) is 1. The number of rotatable bonds is 2. The molecule has 0 radical (unpaired) electrons. The van der Waals surface area contributed by atoms with Gasteiger partial charge in [-0.1, -0.05) is 36.2 Å². The minimum atomic E-state index is -3.40. The first-order chi connectivity index (χ1) is 11.5. The lowest BCUT2D eigenvalue weighted by Crippen LogP contribution is -2.49. The highest BCUT2D eigenvalue weighted by Crippen LogP contribution is 2.37. The van der Waals surface area contributed by atoms with Crippen molar-refractivity contribution in [2.45, 2.75) is 31.1 Å². The van der Waals surface area contributed by atoms with Gasteiger partial charge in [-0.05, 0) is 31.4 Å². The highest BCUT2D eigenvalue weighted by molar-refractivity contribution is 6.31. The van der Waals surface area contributed by atoms with Gasteiger partial charge in [0.05, 0.1) is 0 Å². The molecule has 0 heterocycles. The van der Waals surface area contributed by atoms with E-state index in [9.17, 15) is 4.79 Å². The van der Waals surface area contributed by atoms with Crippen LogP contribution in [0.2, 0.25) is 6.43 Å². The summed E-state index contributed by atoms with van der Waals surface area (Å²) < 4.78 is 78.0. The van der Waals surface area contributed by atoms with Crippen molar-refractivity contribution < 1.29 is 18.5 Å². The van der Waals surface area contributed by atoms with E-state index in [1.54, 1.807) is 0 Å². The van der Waals surface area contributed by atoms with Crippen molar-refractivity contribution in [2.24, 2.45) is 0 Å². The first-order valence-corrected chi connectivity index (χ1v) is 5.00. The highest BCUT2D eigenvalue weighted by atomic mass is 35.5. The summed E-state index contributed by atoms with van der Waals surface area (Å²) in [6.07, 6.45) is -10.7. The molecule has 16 heavy (non-hydrogen) atoms. The summed E-state index contributed by atoms with van der Waals surface area (Å²) in [5, 5.41) is -0.300. The third kappa shape index (κ3) is 1.76. The summed E-state index contributed by atoms with van der Waals surface area (Å²) >= 11 is 6.08. The second-order valence-corrected chi connectivity index (χ2v) is 3.79. The van der Waals surface area contributed by atoms with Gasteiger partial charge in [0.2, 0.25) is 0 Å². The van der Waals surface area contributed by atoms with Gasteiger partial charge in [0.15, 0.2) is 5.78 Å². The molecule has 0 aromatic heterocycles. The Kier molecular flexibility index (Phi) is 1.26. The standard InChI is InChI=1S/C13H16ClNO/c1-15-13(9-5-4-8-12(13)16)10-6-2-3-7-11(10)14/h2-3,6-7,15H,4-5,8-9H2,1H3/i1D3,4D2,5D2,8D2/hD. The van der Waals surface area contributed by atoms with Crippen LogP contribution < -0.4 is 5.31 Å². The highest BCUT2D eigenvalue weighted by Gasteiger charge is 2.40. The van der Waals surface area contributed by atoms with Crippen LogP contribution in [0.5, 0.6) is 0 Å². The number of halogens is 1. The lowest BCUT2D eigenvalue weighted by molar-refractivity contribution is -0.127. The molecule has 0 bridgehead atoms. The molecule has 0 spiro atoms. The van der Waals surface area contributed by atoms with Crippen LogP contribution in [-0.4, -0.2) is 12.8 Å². The number of hydrogen-bond acceptors (Lipinski definition) is 2. The largest absolute Gasteiger partial charge is 0.304 e. The van der Waals surface area contributed by atoms with Crippen LogP contribution in [0.3, 0.4) is 0 Å². The number of carbonyl (C=O) groups excluding carboxylic acids is 1. The van der Waals surface area contributed by atoms with Crippen LogP contribution in [0.15, 0.2) is 24.3 Å². The average molecular weight is 248 g/mol. The molecule has 1 fully saturated rings. The first-order valence-electron chi connectivity index (χ1n) is 9.57. The van der Waals surface area contributed by atoms with Gasteiger partial charge in [-0.25, -0.2) is 0 Å². The van der Waals surface area contributed by atoms with Gasteiger partial charge >= 0.3 is 0 Å². The Hall–Kier alpha value is -0.860. The van der Waals surface area contributed by atoms with Gasteiger partial charge in [-0.15, -0.1) is 0 Å². The number of Topliss-reactive ketones (excluding diaryl/α,β-unsaturated/α-hetero) is 1. The van der Waals surface area contributed by atoms with Gasteiger partial charge < -0.3 is 5.31 Å². The minimum Gasteiger partial charge on any atom is -0.304 e. The van der Waals surface area contributed by atoms with Crippen LogP contribution in [0, 0.1) is 0 Å². The smallest absolute Gasteiger partial charge is 0.157 e. The zero-order valence-corrected chi connectivity index (χ0v) is 9.01. The average Bonchev–Trinajstić information content (AvgIpc) is 2.49. The summed E-state index contributed by atoms with van der Waals surface area (Å²) in [6.45, 7) is -3.22. The lowest BCUT2D eigenvalue weighted by atomic mass is 9.75. The van der Waals surface area contributed by atoms with E-state index in [-0.39, 0.29) is 15.9 Å². The molecule has 1 aromatic carbocycles. The van der Waals surface area contributed by atoms with E-state index in [1.807, 2.05) is 0 Å². The Bertz CT molecular complexity index is 734. The van der Waals surface area contributed by atoms with Crippen LogP contribution in [-0.2, 0) is 10.3 Å². The Morgan fingerprint density at radius 2 is 2.38 bits per heavy atom. The summed E-state index contributed by atoms with van der Waals surface area (Å²) in [5.41, 5.74) is -2.90. The van der Waals surface area contributed by atoms with Crippen molar-refractivity contribution in [3.05, 3.63) is 34.9 Å². The SMILES string of the molecule is [2H]N(C([2H])([2H])[2H])C1(c2ccccc2Cl)CC([2H])([2H])C([2H])([2H])C([2H])([2H])C1=O. The topological polar surface area (TPSA) is 29.1 Å². The van der Waals surface area contributed by atoms with Gasteiger partial charge in [-0.3, -0.25) is 4.79 Å². The molecular formula is C13H16ClNO. The fraction of sp³-hybridized carbons (Fsp3) is 0.462. The van der Waals surface area contributed by atoms with Crippen molar-refractivity contribution >= 4 is 17.4 Å². The molecule has 0 saturated heterocycles. The summed E-state index contributed by atoms with van der Waals surface area (Å²) in [6, 6.07) is 5.37. The van der Waals surface area contributed by atoms with Crippen molar-refractivity contribution in [3.63, 3.8) is 0 Å². The van der Waals surface area contributed by atoms with Crippen LogP contribution in [0.25, 0.3) is 0 Å². The van der Waals surface area contributed by atoms with E-state index >= 15 is 0 Å². The third-order valence-electron chi connectivity index (χ3n) is 2.49. The molecule has 0 aliphatic heterocycles. The van der Waals surface area contributed by atoms with E-state index in [1.165, 1.54) is 24.3 Å². The van der Waals surface area contributed by atoms with E-state index in [4.69, 9.17) is 25.3 Å². The van der Waals surface area contributed by atoms with Crippen LogP contribution >= 0.6 is 11.6 Å². The van der Waals surface area contributed by atoms with E-state index in [0.717, 1.165) is 0 Å². The second kappa shape index (κ2) is 4.56. The first kappa shape index (κ1) is 4.43. The molecule has 1 saturated carbocycles. The van der Waals surface area contributed by atoms with Crippen LogP contribution in [0.1, 0.15) is 43.4 Å². The van der Waals surface area contributed by atoms with Crippen molar-refractivity contribution in [3.8, 4) is 0 Å². The Morgan fingerprint density at radius 3 is 3.12 bits per heavy atom. The molecular weight excluding hydrogens is 222 g/mol. The molecule has 2 nitrogen and oxygen atoms in total. The Morgan fingerprint density at radius 1 is 1.56 bits per heavy atom. The van der Waals surface area contributed by atoms with Crippen molar-refractivity contribution in [1.82, 2.24) is 5.31 Å². The maximum Gasteiger partial charge on any atom is 0.157 e. The number of hydrogen-bond donors (Lipinski definition) is 1. The molecule has 1 aliphatic carbocycles. The van der Waals surface area contributed by atoms with Crippen molar-refractivity contribution in [1.29, 1.82) is 0 Å². The molecule has 1 aliphatic rings. The van der Waals surface area contributed by atoms with Gasteiger partial charge in [-0.2, -0.15) is 0 Å². The normalized spacial score (nSPS) is 45.5. The fourth-order valence-corrected chi connectivity index (χ4v) is 1.91. The molecule has 1 atom stereocenters. The van der Waals surface area contributed by atoms with Crippen LogP contribution in [0.4, 0.5) is 0 Å². The summed E-state index contributed by atoms with van der Waals surface area (Å²) in [7, 11) is 0. The van der Waals surface area contributed by atoms with Gasteiger partial charge in [0, 0.05) is 23.7 Å². The monoisotopic (exact) mass is 247 g/mol. The van der Waals surface area contributed by atoms with Crippen molar-refractivity contribution in [2.75, 3.05) is 6.98 Å². The fourth-order valence-electron chi connectivity index (χ4n) is 1.62.